The third-order valence-electron chi connectivity index (χ3n) is 9.34. The molecular formula is C37H48O4. The standard InChI is InChI=1S/C37H48O4/c1-3-36(38)40-26-8-6-5-7-9-28-10-14-30(15-11-28)32-18-22-34(23-19-32)35-24-20-33(21-25-35)31-16-12-29(13-17-31)27-41-37(39)4-2/h3-4,18-25,28-31H,1-2,5-17,26-27H2. The monoisotopic (exact) mass is 556 g/mol. The third-order valence-corrected chi connectivity index (χ3v) is 9.34. The molecule has 0 unspecified atom stereocenters. The number of esters is 2. The molecule has 2 fully saturated rings. The van der Waals surface area contributed by atoms with Gasteiger partial charge in [-0.25, -0.2) is 9.59 Å². The van der Waals surface area contributed by atoms with Crippen LogP contribution in [-0.2, 0) is 19.1 Å². The smallest absolute Gasteiger partial charge is 0.330 e. The number of hydrogen-bond donors (Lipinski definition) is 0. The molecule has 4 nitrogen and oxygen atoms in total. The SMILES string of the molecule is C=CC(=O)OCCCCCCC1CCC(c2ccc(-c3ccc(C4CCC(COC(=O)C=C)CC4)cc3)cc2)CC1. The molecule has 4 rings (SSSR count). The first-order valence-corrected chi connectivity index (χ1v) is 15.8. The lowest BCUT2D eigenvalue weighted by molar-refractivity contribution is -0.139. The topological polar surface area (TPSA) is 52.6 Å². The number of unbranched alkanes of at least 4 members (excludes halogenated alkanes) is 3. The van der Waals surface area contributed by atoms with Gasteiger partial charge < -0.3 is 9.47 Å². The Morgan fingerprint density at radius 2 is 1.07 bits per heavy atom. The second-order valence-corrected chi connectivity index (χ2v) is 12.1. The molecule has 0 aromatic heterocycles. The molecular weight excluding hydrogens is 508 g/mol. The summed E-state index contributed by atoms with van der Waals surface area (Å²) in [6.07, 6.45) is 18.2. The van der Waals surface area contributed by atoms with Crippen molar-refractivity contribution in [3.05, 3.63) is 85.0 Å². The van der Waals surface area contributed by atoms with Gasteiger partial charge in [-0.05, 0) is 104 Å². The maximum atomic E-state index is 11.3. The van der Waals surface area contributed by atoms with E-state index in [4.69, 9.17) is 9.47 Å². The predicted molar refractivity (Wildman–Crippen MR) is 167 cm³/mol. The van der Waals surface area contributed by atoms with Crippen molar-refractivity contribution in [1.82, 2.24) is 0 Å². The van der Waals surface area contributed by atoms with Crippen molar-refractivity contribution in [2.75, 3.05) is 13.2 Å². The van der Waals surface area contributed by atoms with Crippen molar-refractivity contribution in [2.45, 2.75) is 95.3 Å². The third kappa shape index (κ3) is 9.73. The summed E-state index contributed by atoms with van der Waals surface area (Å²) in [7, 11) is 0. The fraction of sp³-hybridized carbons (Fsp3) is 0.514. The van der Waals surface area contributed by atoms with Crippen molar-refractivity contribution in [1.29, 1.82) is 0 Å². The predicted octanol–water partition coefficient (Wildman–Crippen LogP) is 9.31. The maximum Gasteiger partial charge on any atom is 0.330 e. The zero-order valence-corrected chi connectivity index (χ0v) is 24.7. The minimum atomic E-state index is -0.317. The van der Waals surface area contributed by atoms with Gasteiger partial charge in [0, 0.05) is 12.2 Å². The highest BCUT2D eigenvalue weighted by molar-refractivity contribution is 5.81. The molecule has 0 saturated heterocycles. The fourth-order valence-electron chi connectivity index (χ4n) is 6.72. The molecule has 2 aliphatic carbocycles. The Hall–Kier alpha value is -3.14. The Labute approximate surface area is 247 Å². The van der Waals surface area contributed by atoms with Crippen LogP contribution in [0.15, 0.2) is 73.8 Å². The van der Waals surface area contributed by atoms with Crippen LogP contribution in [0.1, 0.15) is 106 Å². The van der Waals surface area contributed by atoms with Crippen LogP contribution in [0.3, 0.4) is 0 Å². The summed E-state index contributed by atoms with van der Waals surface area (Å²) in [6.45, 7) is 7.93. The van der Waals surface area contributed by atoms with Gasteiger partial charge in [0.15, 0.2) is 0 Å². The van der Waals surface area contributed by atoms with Crippen LogP contribution in [0.5, 0.6) is 0 Å². The number of hydrogen-bond acceptors (Lipinski definition) is 4. The highest BCUT2D eigenvalue weighted by Crippen LogP contribution is 2.39. The van der Waals surface area contributed by atoms with Crippen molar-refractivity contribution < 1.29 is 19.1 Å². The number of carbonyl (C=O) groups is 2. The van der Waals surface area contributed by atoms with Gasteiger partial charge in [0.1, 0.15) is 0 Å². The molecule has 4 heteroatoms. The van der Waals surface area contributed by atoms with Crippen molar-refractivity contribution in [2.24, 2.45) is 11.8 Å². The van der Waals surface area contributed by atoms with E-state index in [1.165, 1.54) is 79.4 Å². The Morgan fingerprint density at radius 1 is 0.610 bits per heavy atom. The molecule has 2 saturated carbocycles. The summed E-state index contributed by atoms with van der Waals surface area (Å²) in [5.74, 6) is 2.00. The van der Waals surface area contributed by atoms with Gasteiger partial charge in [-0.15, -0.1) is 0 Å². The molecule has 0 N–H and O–H groups in total. The first kappa shape index (κ1) is 30.8. The number of rotatable bonds is 14. The van der Waals surface area contributed by atoms with E-state index in [1.54, 1.807) is 0 Å². The summed E-state index contributed by atoms with van der Waals surface area (Å²) in [5, 5.41) is 0. The molecule has 0 amide bonds. The van der Waals surface area contributed by atoms with Gasteiger partial charge in [0.05, 0.1) is 13.2 Å². The van der Waals surface area contributed by atoms with Crippen LogP contribution in [0.25, 0.3) is 11.1 Å². The Morgan fingerprint density at radius 3 is 1.59 bits per heavy atom. The average Bonchev–Trinajstić information content (AvgIpc) is 3.03. The van der Waals surface area contributed by atoms with Crippen molar-refractivity contribution >= 4 is 11.9 Å². The summed E-state index contributed by atoms with van der Waals surface area (Å²) >= 11 is 0. The van der Waals surface area contributed by atoms with E-state index >= 15 is 0 Å². The molecule has 0 bridgehead atoms. The van der Waals surface area contributed by atoms with E-state index in [0.29, 0.717) is 31.0 Å². The molecule has 0 atom stereocenters. The zero-order chi connectivity index (χ0) is 28.9. The molecule has 2 aromatic carbocycles. The van der Waals surface area contributed by atoms with E-state index in [1.807, 2.05) is 0 Å². The lowest BCUT2D eigenvalue weighted by Crippen LogP contribution is -2.19. The van der Waals surface area contributed by atoms with Gasteiger partial charge in [0.2, 0.25) is 0 Å². The Balaban J connectivity index is 1.15. The van der Waals surface area contributed by atoms with Crippen molar-refractivity contribution in [3.63, 3.8) is 0 Å². The van der Waals surface area contributed by atoms with Crippen LogP contribution in [0, 0.1) is 11.8 Å². The van der Waals surface area contributed by atoms with Crippen LogP contribution in [-0.4, -0.2) is 25.2 Å². The van der Waals surface area contributed by atoms with Crippen LogP contribution >= 0.6 is 0 Å². The first-order valence-electron chi connectivity index (χ1n) is 15.8. The Kier molecular flexibility index (Phi) is 12.3. The lowest BCUT2D eigenvalue weighted by atomic mass is 9.77. The van der Waals surface area contributed by atoms with Gasteiger partial charge in [-0.1, -0.05) is 87.4 Å². The van der Waals surface area contributed by atoms with E-state index in [-0.39, 0.29) is 11.9 Å². The minimum absolute atomic E-state index is 0.315. The molecule has 41 heavy (non-hydrogen) atoms. The largest absolute Gasteiger partial charge is 0.463 e. The van der Waals surface area contributed by atoms with E-state index in [2.05, 4.69) is 61.7 Å². The maximum absolute atomic E-state index is 11.3. The minimum Gasteiger partial charge on any atom is -0.463 e. The zero-order valence-electron chi connectivity index (χ0n) is 24.7. The molecule has 220 valence electrons. The van der Waals surface area contributed by atoms with Crippen LogP contribution in [0.4, 0.5) is 0 Å². The summed E-state index contributed by atoms with van der Waals surface area (Å²) in [5.41, 5.74) is 5.50. The average molecular weight is 557 g/mol. The van der Waals surface area contributed by atoms with Gasteiger partial charge >= 0.3 is 11.9 Å². The normalized spacial score (nSPS) is 22.4. The first-order chi connectivity index (χ1) is 20.1. The summed E-state index contributed by atoms with van der Waals surface area (Å²) < 4.78 is 10.3. The highest BCUT2D eigenvalue weighted by atomic mass is 16.5. The van der Waals surface area contributed by atoms with E-state index in [0.717, 1.165) is 44.4 Å². The van der Waals surface area contributed by atoms with Gasteiger partial charge in [-0.3, -0.25) is 0 Å². The lowest BCUT2D eigenvalue weighted by Gasteiger charge is -2.29. The molecule has 2 aromatic rings. The number of benzene rings is 2. The molecule has 0 heterocycles. The second kappa shape index (κ2) is 16.3. The molecule has 0 radical (unpaired) electrons. The Bertz CT molecular complexity index is 1100. The highest BCUT2D eigenvalue weighted by Gasteiger charge is 2.24. The van der Waals surface area contributed by atoms with Gasteiger partial charge in [0.25, 0.3) is 0 Å². The molecule has 0 spiro atoms. The fourth-order valence-corrected chi connectivity index (χ4v) is 6.72. The van der Waals surface area contributed by atoms with Gasteiger partial charge in [-0.2, -0.15) is 0 Å². The number of carbonyl (C=O) groups excluding carboxylic acids is 2. The van der Waals surface area contributed by atoms with E-state index in [9.17, 15) is 9.59 Å². The summed E-state index contributed by atoms with van der Waals surface area (Å²) in [6, 6.07) is 18.5. The summed E-state index contributed by atoms with van der Waals surface area (Å²) in [4.78, 5) is 22.4. The van der Waals surface area contributed by atoms with Crippen LogP contribution < -0.4 is 0 Å². The van der Waals surface area contributed by atoms with Crippen LogP contribution in [0.2, 0.25) is 0 Å². The molecule has 0 aliphatic heterocycles. The number of ether oxygens (including phenoxy) is 2. The second-order valence-electron chi connectivity index (χ2n) is 12.1. The quantitative estimate of drug-likeness (QED) is 0.132. The van der Waals surface area contributed by atoms with Crippen molar-refractivity contribution in [3.8, 4) is 11.1 Å². The van der Waals surface area contributed by atoms with E-state index < -0.39 is 0 Å². The molecule has 2 aliphatic rings.